The average Bonchev–Trinajstić information content (AvgIpc) is 2.56. The lowest BCUT2D eigenvalue weighted by Gasteiger charge is -2.25. The predicted octanol–water partition coefficient (Wildman–Crippen LogP) is 3.39. The van der Waals surface area contributed by atoms with Crippen molar-refractivity contribution in [1.29, 1.82) is 0 Å². The maximum atomic E-state index is 12.4. The van der Waals surface area contributed by atoms with Gasteiger partial charge in [0.15, 0.2) is 11.5 Å². The molecule has 0 fully saturated rings. The molecule has 126 valence electrons. The number of phenolic OH excluding ortho intramolecular Hbond substituents is 1. The normalized spacial score (nSPS) is 11.0. The Bertz CT molecular complexity index is 729. The van der Waals surface area contributed by atoms with Gasteiger partial charge >= 0.3 is 5.69 Å². The smallest absolute Gasteiger partial charge is 0.311 e. The number of hydrogen-bond donors (Lipinski definition) is 1. The average molecular weight is 328 g/mol. The van der Waals surface area contributed by atoms with E-state index < -0.39 is 4.92 Å². The molecule has 0 aliphatic carbocycles. The Hall–Kier alpha value is -2.73. The molecule has 0 bridgehead atoms. The zero-order valence-electron chi connectivity index (χ0n) is 13.7. The fraction of sp³-hybridized carbons (Fsp3) is 0.278. The molecular formula is C18H20N2O4. The van der Waals surface area contributed by atoms with Crippen LogP contribution in [0.2, 0.25) is 0 Å². The van der Waals surface area contributed by atoms with E-state index in [1.54, 1.807) is 18.2 Å². The largest absolute Gasteiger partial charge is 0.502 e. The number of nitrogens with zero attached hydrogens (tertiary/aromatic N) is 2. The third kappa shape index (κ3) is 4.39. The van der Waals surface area contributed by atoms with Crippen molar-refractivity contribution in [1.82, 2.24) is 4.90 Å². The molecule has 2 aromatic rings. The Morgan fingerprint density at radius 1 is 1.21 bits per heavy atom. The van der Waals surface area contributed by atoms with Gasteiger partial charge in [-0.15, -0.1) is 0 Å². The molecule has 6 heteroatoms. The fourth-order valence-electron chi connectivity index (χ4n) is 2.37. The van der Waals surface area contributed by atoms with Crippen molar-refractivity contribution in [2.75, 3.05) is 6.54 Å². The first kappa shape index (κ1) is 17.6. The third-order valence-electron chi connectivity index (χ3n) is 3.79. The first-order valence-corrected chi connectivity index (χ1v) is 7.67. The number of nitro benzene ring substituents is 1. The van der Waals surface area contributed by atoms with Crippen LogP contribution in [0.4, 0.5) is 5.69 Å². The van der Waals surface area contributed by atoms with Gasteiger partial charge in [0.05, 0.1) is 11.5 Å². The van der Waals surface area contributed by atoms with Crippen molar-refractivity contribution in [2.24, 2.45) is 0 Å². The molecule has 0 amide bonds. The molecule has 0 saturated carbocycles. The first-order valence-electron chi connectivity index (χ1n) is 7.67. The molecule has 0 aromatic heterocycles. The minimum Gasteiger partial charge on any atom is -0.502 e. The lowest BCUT2D eigenvalue weighted by atomic mass is 10.1. The van der Waals surface area contributed by atoms with Crippen LogP contribution < -0.4 is 0 Å². The number of hydrogen-bond acceptors (Lipinski definition) is 5. The van der Waals surface area contributed by atoms with Crippen molar-refractivity contribution >= 4 is 11.5 Å². The van der Waals surface area contributed by atoms with Crippen LogP contribution in [0.25, 0.3) is 0 Å². The summed E-state index contributed by atoms with van der Waals surface area (Å²) < 4.78 is 0. The zero-order valence-corrected chi connectivity index (χ0v) is 13.7. The van der Waals surface area contributed by atoms with Gasteiger partial charge in [-0.2, -0.15) is 0 Å². The van der Waals surface area contributed by atoms with E-state index in [4.69, 9.17) is 0 Å². The van der Waals surface area contributed by atoms with E-state index in [1.165, 1.54) is 12.1 Å². The molecule has 0 aliphatic rings. The van der Waals surface area contributed by atoms with Gasteiger partial charge in [0.2, 0.25) is 0 Å². The monoisotopic (exact) mass is 328 g/mol. The number of phenols is 1. The minimum absolute atomic E-state index is 0.00224. The number of aromatic hydroxyl groups is 1. The summed E-state index contributed by atoms with van der Waals surface area (Å²) in [6.07, 6.45) is 0. The van der Waals surface area contributed by atoms with E-state index in [1.807, 2.05) is 36.9 Å². The molecule has 6 nitrogen and oxygen atoms in total. The summed E-state index contributed by atoms with van der Waals surface area (Å²) in [7, 11) is 0. The van der Waals surface area contributed by atoms with Crippen molar-refractivity contribution in [3.05, 3.63) is 69.8 Å². The molecule has 24 heavy (non-hydrogen) atoms. The van der Waals surface area contributed by atoms with Gasteiger partial charge in [0, 0.05) is 24.2 Å². The molecule has 0 atom stereocenters. The van der Waals surface area contributed by atoms with Gasteiger partial charge in [-0.25, -0.2) is 0 Å². The number of benzene rings is 2. The Balaban J connectivity index is 2.16. The summed E-state index contributed by atoms with van der Waals surface area (Å²) >= 11 is 0. The maximum absolute atomic E-state index is 12.4. The van der Waals surface area contributed by atoms with Gasteiger partial charge in [0.25, 0.3) is 0 Å². The summed E-state index contributed by atoms with van der Waals surface area (Å²) in [5.74, 6) is -0.363. The Morgan fingerprint density at radius 2 is 1.88 bits per heavy atom. The molecule has 0 radical (unpaired) electrons. The SMILES string of the molecule is CC(C)N(CC(=O)c1ccccc1)Cc1ccc(O)c([N+](=O)[O-])c1. The van der Waals surface area contributed by atoms with Crippen molar-refractivity contribution < 1.29 is 14.8 Å². The molecule has 2 aromatic carbocycles. The van der Waals surface area contributed by atoms with Crippen molar-refractivity contribution in [3.63, 3.8) is 0 Å². The number of carbonyl (C=O) groups is 1. The Labute approximate surface area is 140 Å². The van der Waals surface area contributed by atoms with Crippen LogP contribution in [0.1, 0.15) is 29.8 Å². The number of rotatable bonds is 7. The minimum atomic E-state index is -0.617. The summed E-state index contributed by atoms with van der Waals surface area (Å²) in [5.41, 5.74) is 0.986. The number of Topliss-reactive ketones (excluding diaryl/α,β-unsaturated/α-hetero) is 1. The molecule has 1 N–H and O–H groups in total. The molecule has 0 aliphatic heterocycles. The van der Waals surface area contributed by atoms with Crippen LogP contribution in [0.5, 0.6) is 5.75 Å². The summed E-state index contributed by atoms with van der Waals surface area (Å²) in [5, 5.41) is 20.5. The molecular weight excluding hydrogens is 308 g/mol. The Kier molecular flexibility index (Phi) is 5.65. The molecule has 0 spiro atoms. The first-order chi connectivity index (χ1) is 11.4. The lowest BCUT2D eigenvalue weighted by Crippen LogP contribution is -2.35. The van der Waals surface area contributed by atoms with Crippen LogP contribution in [-0.4, -0.2) is 33.3 Å². The van der Waals surface area contributed by atoms with Crippen LogP contribution in [-0.2, 0) is 6.54 Å². The van der Waals surface area contributed by atoms with E-state index >= 15 is 0 Å². The maximum Gasteiger partial charge on any atom is 0.311 e. The van der Waals surface area contributed by atoms with E-state index in [0.717, 1.165) is 0 Å². The highest BCUT2D eigenvalue weighted by atomic mass is 16.6. The van der Waals surface area contributed by atoms with E-state index in [-0.39, 0.29) is 29.8 Å². The highest BCUT2D eigenvalue weighted by molar-refractivity contribution is 5.97. The summed E-state index contributed by atoms with van der Waals surface area (Å²) in [6, 6.07) is 13.4. The van der Waals surface area contributed by atoms with E-state index in [0.29, 0.717) is 17.7 Å². The summed E-state index contributed by atoms with van der Waals surface area (Å²) in [4.78, 5) is 24.6. The highest BCUT2D eigenvalue weighted by Crippen LogP contribution is 2.27. The van der Waals surface area contributed by atoms with Crippen LogP contribution in [0, 0.1) is 10.1 Å². The van der Waals surface area contributed by atoms with Crippen LogP contribution in [0.15, 0.2) is 48.5 Å². The van der Waals surface area contributed by atoms with Gasteiger partial charge in [-0.1, -0.05) is 36.4 Å². The Morgan fingerprint density at radius 3 is 2.46 bits per heavy atom. The van der Waals surface area contributed by atoms with Crippen molar-refractivity contribution in [3.8, 4) is 5.75 Å². The highest BCUT2D eigenvalue weighted by Gasteiger charge is 2.19. The zero-order chi connectivity index (χ0) is 17.7. The predicted molar refractivity (Wildman–Crippen MR) is 91.1 cm³/mol. The molecule has 0 heterocycles. The molecule has 0 unspecified atom stereocenters. The summed E-state index contributed by atoms with van der Waals surface area (Å²) in [6.45, 7) is 4.54. The van der Waals surface area contributed by atoms with Crippen molar-refractivity contribution in [2.45, 2.75) is 26.4 Å². The third-order valence-corrected chi connectivity index (χ3v) is 3.79. The molecule has 0 saturated heterocycles. The number of carbonyl (C=O) groups excluding carboxylic acids is 1. The second kappa shape index (κ2) is 7.70. The molecule has 2 rings (SSSR count). The quantitative estimate of drug-likeness (QED) is 0.478. The van der Waals surface area contributed by atoms with Gasteiger partial charge in [-0.05, 0) is 25.5 Å². The van der Waals surface area contributed by atoms with Gasteiger partial charge < -0.3 is 5.11 Å². The van der Waals surface area contributed by atoms with Gasteiger partial charge in [-0.3, -0.25) is 19.8 Å². The number of nitro groups is 1. The lowest BCUT2D eigenvalue weighted by molar-refractivity contribution is -0.385. The second-order valence-electron chi connectivity index (χ2n) is 5.87. The van der Waals surface area contributed by atoms with E-state index in [9.17, 15) is 20.0 Å². The topological polar surface area (TPSA) is 83.7 Å². The van der Waals surface area contributed by atoms with E-state index in [2.05, 4.69) is 0 Å². The van der Waals surface area contributed by atoms with Crippen LogP contribution >= 0.6 is 0 Å². The fourth-order valence-corrected chi connectivity index (χ4v) is 2.37. The van der Waals surface area contributed by atoms with Crippen LogP contribution in [0.3, 0.4) is 0 Å². The van der Waals surface area contributed by atoms with Gasteiger partial charge in [0.1, 0.15) is 0 Å². The second-order valence-corrected chi connectivity index (χ2v) is 5.87. The number of ketones is 1. The standard InChI is InChI=1S/C18H20N2O4/c1-13(2)19(12-18(22)15-6-4-3-5-7-15)11-14-8-9-17(21)16(10-14)20(23)24/h3-10,13,21H,11-12H2,1-2H3.